The van der Waals surface area contributed by atoms with Gasteiger partial charge in [-0.1, -0.05) is 18.7 Å². The number of rotatable bonds is 4. The van der Waals surface area contributed by atoms with Crippen molar-refractivity contribution >= 4 is 17.6 Å². The molecule has 0 atom stereocenters. The number of nitrogens with zero attached hydrogens (tertiary/aromatic N) is 4. The molecule has 0 aliphatic carbocycles. The average molecular weight is 249 g/mol. The maximum atomic E-state index is 5.76. The minimum absolute atomic E-state index is 0.523. The van der Waals surface area contributed by atoms with E-state index in [0.717, 1.165) is 28.6 Å². The first-order valence-electron chi connectivity index (χ1n) is 5.47. The van der Waals surface area contributed by atoms with Crippen LogP contribution >= 0.6 is 11.8 Å². The Morgan fingerprint density at radius 3 is 2.88 bits per heavy atom. The summed E-state index contributed by atoms with van der Waals surface area (Å²) in [5.74, 6) is 1.33. The van der Waals surface area contributed by atoms with Crippen LogP contribution in [0.5, 0.6) is 0 Å². The molecular weight excluding hydrogens is 234 g/mol. The van der Waals surface area contributed by atoms with Crippen LogP contribution in [0.2, 0.25) is 0 Å². The molecule has 0 aliphatic rings. The van der Waals surface area contributed by atoms with Crippen molar-refractivity contribution in [2.24, 2.45) is 7.05 Å². The summed E-state index contributed by atoms with van der Waals surface area (Å²) in [5, 5.41) is 4.98. The topological polar surface area (TPSA) is 69.6 Å². The van der Waals surface area contributed by atoms with Gasteiger partial charge in [-0.25, -0.2) is 9.97 Å². The number of nitrogens with two attached hydrogens (primary N) is 1. The summed E-state index contributed by atoms with van der Waals surface area (Å²) in [4.78, 5) is 9.71. The molecule has 6 heteroatoms. The number of aromatic nitrogens is 4. The van der Waals surface area contributed by atoms with Gasteiger partial charge in [0.1, 0.15) is 16.7 Å². The molecule has 0 saturated carbocycles. The highest BCUT2D eigenvalue weighted by molar-refractivity contribution is 7.99. The van der Waals surface area contributed by atoms with Crippen LogP contribution in [0.25, 0.3) is 0 Å². The molecule has 0 bridgehead atoms. The fourth-order valence-electron chi connectivity index (χ4n) is 1.45. The van der Waals surface area contributed by atoms with Crippen molar-refractivity contribution in [3.8, 4) is 0 Å². The van der Waals surface area contributed by atoms with Crippen LogP contribution in [0.3, 0.4) is 0 Å². The molecule has 2 heterocycles. The fourth-order valence-corrected chi connectivity index (χ4v) is 2.33. The molecule has 0 aromatic carbocycles. The summed E-state index contributed by atoms with van der Waals surface area (Å²) in [6.45, 7) is 2.10. The standard InChI is InChI=1S/C11H15N5S/c1-3-4-10-14-9(12)5-11(15-10)17-8-6-13-16(2)7-8/h5-7H,3-4H2,1-2H3,(H2,12,14,15). The van der Waals surface area contributed by atoms with E-state index in [9.17, 15) is 0 Å². The van der Waals surface area contributed by atoms with Crippen molar-refractivity contribution in [1.82, 2.24) is 19.7 Å². The van der Waals surface area contributed by atoms with Crippen molar-refractivity contribution in [2.45, 2.75) is 29.7 Å². The Morgan fingerprint density at radius 1 is 1.41 bits per heavy atom. The van der Waals surface area contributed by atoms with Gasteiger partial charge in [-0.05, 0) is 6.42 Å². The van der Waals surface area contributed by atoms with Gasteiger partial charge < -0.3 is 5.73 Å². The lowest BCUT2D eigenvalue weighted by atomic mass is 10.3. The third-order valence-electron chi connectivity index (χ3n) is 2.15. The van der Waals surface area contributed by atoms with Gasteiger partial charge in [-0.3, -0.25) is 4.68 Å². The van der Waals surface area contributed by atoms with E-state index < -0.39 is 0 Å². The number of hydrogen-bond donors (Lipinski definition) is 1. The van der Waals surface area contributed by atoms with Gasteiger partial charge in [0.05, 0.1) is 11.1 Å². The molecule has 0 spiro atoms. The molecule has 0 unspecified atom stereocenters. The van der Waals surface area contributed by atoms with Gasteiger partial charge >= 0.3 is 0 Å². The zero-order chi connectivity index (χ0) is 12.3. The van der Waals surface area contributed by atoms with Crippen LogP contribution < -0.4 is 5.73 Å². The first-order chi connectivity index (χ1) is 8.17. The smallest absolute Gasteiger partial charge is 0.132 e. The highest BCUT2D eigenvalue weighted by atomic mass is 32.2. The van der Waals surface area contributed by atoms with Crippen LogP contribution in [0, 0.1) is 0 Å². The molecular formula is C11H15N5S. The molecule has 2 aromatic rings. The summed E-state index contributed by atoms with van der Waals surface area (Å²) >= 11 is 1.55. The van der Waals surface area contributed by atoms with E-state index in [1.165, 1.54) is 0 Å². The van der Waals surface area contributed by atoms with Gasteiger partial charge in [-0.2, -0.15) is 5.10 Å². The summed E-state index contributed by atoms with van der Waals surface area (Å²) in [6.07, 6.45) is 5.62. The molecule has 2 rings (SSSR count). The summed E-state index contributed by atoms with van der Waals surface area (Å²) < 4.78 is 1.76. The lowest BCUT2D eigenvalue weighted by Gasteiger charge is -2.03. The third-order valence-corrected chi connectivity index (χ3v) is 3.01. The summed E-state index contributed by atoms with van der Waals surface area (Å²) in [7, 11) is 1.89. The zero-order valence-electron chi connectivity index (χ0n) is 9.92. The molecule has 2 aromatic heterocycles. The van der Waals surface area contributed by atoms with E-state index in [1.807, 2.05) is 19.4 Å². The number of hydrogen-bond acceptors (Lipinski definition) is 5. The van der Waals surface area contributed by atoms with Gasteiger partial charge in [0.25, 0.3) is 0 Å². The van der Waals surface area contributed by atoms with Gasteiger partial charge in [0.15, 0.2) is 0 Å². The quantitative estimate of drug-likeness (QED) is 0.838. The molecule has 0 radical (unpaired) electrons. The Hall–Kier alpha value is -1.56. The van der Waals surface area contributed by atoms with Crippen molar-refractivity contribution < 1.29 is 0 Å². The molecule has 2 N–H and O–H groups in total. The first kappa shape index (κ1) is 11.9. The van der Waals surface area contributed by atoms with Crippen molar-refractivity contribution in [3.63, 3.8) is 0 Å². The third kappa shape index (κ3) is 3.20. The molecule has 0 aliphatic heterocycles. The number of nitrogen functional groups attached to an aromatic ring is 1. The zero-order valence-corrected chi connectivity index (χ0v) is 10.7. The second kappa shape index (κ2) is 5.18. The molecule has 90 valence electrons. The maximum Gasteiger partial charge on any atom is 0.132 e. The van der Waals surface area contributed by atoms with Crippen LogP contribution in [-0.4, -0.2) is 19.7 Å². The molecule has 0 fully saturated rings. The fraction of sp³-hybridized carbons (Fsp3) is 0.364. The van der Waals surface area contributed by atoms with E-state index in [0.29, 0.717) is 5.82 Å². The van der Waals surface area contributed by atoms with Gasteiger partial charge in [0, 0.05) is 25.7 Å². The lowest BCUT2D eigenvalue weighted by Crippen LogP contribution is -2.00. The predicted octanol–water partition coefficient (Wildman–Crippen LogP) is 1.90. The minimum Gasteiger partial charge on any atom is -0.384 e. The van der Waals surface area contributed by atoms with E-state index in [4.69, 9.17) is 5.73 Å². The van der Waals surface area contributed by atoms with Crippen LogP contribution in [-0.2, 0) is 13.5 Å². The molecule has 5 nitrogen and oxygen atoms in total. The minimum atomic E-state index is 0.523. The van der Waals surface area contributed by atoms with E-state index in [1.54, 1.807) is 22.5 Å². The second-order valence-corrected chi connectivity index (χ2v) is 4.84. The molecule has 0 amide bonds. The predicted molar refractivity (Wildman–Crippen MR) is 67.8 cm³/mol. The lowest BCUT2D eigenvalue weighted by molar-refractivity contribution is 0.766. The number of anilines is 1. The molecule has 17 heavy (non-hydrogen) atoms. The monoisotopic (exact) mass is 249 g/mol. The summed E-state index contributed by atoms with van der Waals surface area (Å²) in [5.41, 5.74) is 5.76. The van der Waals surface area contributed by atoms with Crippen molar-refractivity contribution in [2.75, 3.05) is 5.73 Å². The Labute approximate surface area is 104 Å². The first-order valence-corrected chi connectivity index (χ1v) is 6.29. The highest BCUT2D eigenvalue weighted by Crippen LogP contribution is 2.26. The average Bonchev–Trinajstić information content (AvgIpc) is 2.63. The van der Waals surface area contributed by atoms with Crippen LogP contribution in [0.1, 0.15) is 19.2 Å². The summed E-state index contributed by atoms with van der Waals surface area (Å²) in [6, 6.07) is 1.79. The van der Waals surface area contributed by atoms with Gasteiger partial charge in [-0.15, -0.1) is 0 Å². The van der Waals surface area contributed by atoms with E-state index >= 15 is 0 Å². The van der Waals surface area contributed by atoms with E-state index in [2.05, 4.69) is 22.0 Å². The Morgan fingerprint density at radius 2 is 2.24 bits per heavy atom. The SMILES string of the molecule is CCCc1nc(N)cc(Sc2cnn(C)c2)n1. The maximum absolute atomic E-state index is 5.76. The van der Waals surface area contributed by atoms with Crippen LogP contribution in [0.4, 0.5) is 5.82 Å². The number of aryl methyl sites for hydroxylation is 2. The Balaban J connectivity index is 2.20. The van der Waals surface area contributed by atoms with Crippen molar-refractivity contribution in [3.05, 3.63) is 24.3 Å². The largest absolute Gasteiger partial charge is 0.384 e. The highest BCUT2D eigenvalue weighted by Gasteiger charge is 2.05. The van der Waals surface area contributed by atoms with Crippen molar-refractivity contribution in [1.29, 1.82) is 0 Å². The molecule has 0 saturated heterocycles. The van der Waals surface area contributed by atoms with Gasteiger partial charge in [0.2, 0.25) is 0 Å². The normalized spacial score (nSPS) is 10.7. The Kier molecular flexibility index (Phi) is 3.63. The van der Waals surface area contributed by atoms with E-state index in [-0.39, 0.29) is 0 Å². The Bertz CT molecular complexity index is 508. The van der Waals surface area contributed by atoms with Crippen LogP contribution in [0.15, 0.2) is 28.4 Å². The second-order valence-electron chi connectivity index (χ2n) is 3.75.